The Balaban J connectivity index is 1.64. The molecular weight excluding hydrogens is 352 g/mol. The fraction of sp³-hybridized carbons (Fsp3) is 0.583. The molecule has 2 saturated carbocycles. The van der Waals surface area contributed by atoms with Crippen LogP contribution in [0.25, 0.3) is 0 Å². The summed E-state index contributed by atoms with van der Waals surface area (Å²) in [6.07, 6.45) is 11.8. The van der Waals surface area contributed by atoms with Crippen LogP contribution in [-0.4, -0.2) is 17.5 Å². The lowest BCUT2D eigenvalue weighted by molar-refractivity contribution is -0.165. The molecule has 4 nitrogen and oxygen atoms in total. The average Bonchev–Trinajstić information content (AvgIpc) is 2.93. The fourth-order valence-electron chi connectivity index (χ4n) is 6.47. The fourth-order valence-corrected chi connectivity index (χ4v) is 6.47. The van der Waals surface area contributed by atoms with Gasteiger partial charge in [0.15, 0.2) is 5.60 Å². The molecule has 0 spiro atoms. The Morgan fingerprint density at radius 1 is 1.14 bits per heavy atom. The second kappa shape index (κ2) is 6.65. The summed E-state index contributed by atoms with van der Waals surface area (Å²) in [5.74, 6) is 4.47. The summed E-state index contributed by atoms with van der Waals surface area (Å²) in [4.78, 5) is 23.0. The molecule has 1 aromatic carbocycles. The molecule has 0 radical (unpaired) electrons. The Morgan fingerprint density at radius 3 is 2.61 bits per heavy atom. The van der Waals surface area contributed by atoms with Crippen LogP contribution in [0.4, 0.5) is 0 Å². The van der Waals surface area contributed by atoms with Crippen molar-refractivity contribution in [1.29, 1.82) is 0 Å². The molecule has 3 aliphatic rings. The molecule has 0 unspecified atom stereocenters. The molecule has 1 aromatic rings. The lowest BCUT2D eigenvalue weighted by Gasteiger charge is -2.52. The predicted octanol–water partition coefficient (Wildman–Crippen LogP) is 4.40. The predicted molar refractivity (Wildman–Crippen MR) is 106 cm³/mol. The van der Waals surface area contributed by atoms with Gasteiger partial charge in [-0.3, -0.25) is 9.59 Å². The number of hydrogen-bond acceptors (Lipinski definition) is 4. The molecule has 0 bridgehead atoms. The number of rotatable bonds is 2. The van der Waals surface area contributed by atoms with Crippen molar-refractivity contribution in [2.75, 3.05) is 0 Å². The third-order valence-corrected chi connectivity index (χ3v) is 7.63. The second-order valence-corrected chi connectivity index (χ2v) is 8.93. The number of terminal acetylenes is 1. The third-order valence-electron chi connectivity index (χ3n) is 7.63. The second-order valence-electron chi connectivity index (χ2n) is 8.93. The van der Waals surface area contributed by atoms with Crippen molar-refractivity contribution < 1.29 is 19.1 Å². The van der Waals surface area contributed by atoms with E-state index in [1.165, 1.54) is 25.0 Å². The summed E-state index contributed by atoms with van der Waals surface area (Å²) in [5.41, 5.74) is 1.75. The summed E-state index contributed by atoms with van der Waals surface area (Å²) in [6, 6.07) is 6.08. The van der Waals surface area contributed by atoms with Crippen LogP contribution in [0.1, 0.15) is 69.9 Å². The number of hydrogen-bond donors (Lipinski definition) is 0. The van der Waals surface area contributed by atoms with E-state index in [4.69, 9.17) is 15.9 Å². The lowest BCUT2D eigenvalue weighted by Crippen LogP contribution is -2.52. The number of ether oxygens (including phenoxy) is 2. The van der Waals surface area contributed by atoms with E-state index in [9.17, 15) is 9.59 Å². The van der Waals surface area contributed by atoms with E-state index in [1.807, 2.05) is 12.1 Å². The van der Waals surface area contributed by atoms with Gasteiger partial charge in [0.25, 0.3) is 0 Å². The van der Waals surface area contributed by atoms with Gasteiger partial charge in [-0.05, 0) is 79.5 Å². The van der Waals surface area contributed by atoms with E-state index in [-0.39, 0.29) is 17.4 Å². The molecular formula is C24H28O4. The summed E-state index contributed by atoms with van der Waals surface area (Å²) in [6.45, 7) is 5.13. The zero-order valence-corrected chi connectivity index (χ0v) is 16.9. The molecule has 2 fully saturated rings. The first-order valence-corrected chi connectivity index (χ1v) is 10.3. The van der Waals surface area contributed by atoms with Crippen LogP contribution in [0.15, 0.2) is 18.2 Å². The van der Waals surface area contributed by atoms with Gasteiger partial charge in [-0.1, -0.05) is 18.9 Å². The van der Waals surface area contributed by atoms with Crippen molar-refractivity contribution in [1.82, 2.24) is 0 Å². The maximum atomic E-state index is 11.8. The van der Waals surface area contributed by atoms with Crippen LogP contribution in [-0.2, 0) is 20.7 Å². The van der Waals surface area contributed by atoms with Crippen LogP contribution in [0, 0.1) is 29.6 Å². The zero-order chi connectivity index (χ0) is 20.1. The minimum Gasteiger partial charge on any atom is -0.445 e. The molecule has 0 aromatic heterocycles. The van der Waals surface area contributed by atoms with Gasteiger partial charge in [0.1, 0.15) is 5.75 Å². The van der Waals surface area contributed by atoms with Crippen LogP contribution in [0.2, 0.25) is 0 Å². The largest absolute Gasteiger partial charge is 0.445 e. The molecule has 0 saturated heterocycles. The molecule has 3 aliphatic carbocycles. The molecule has 0 amide bonds. The number of benzene rings is 1. The Morgan fingerprint density at radius 2 is 1.93 bits per heavy atom. The molecule has 4 heteroatoms. The van der Waals surface area contributed by atoms with Crippen LogP contribution in [0.3, 0.4) is 0 Å². The molecule has 4 rings (SSSR count). The van der Waals surface area contributed by atoms with Crippen LogP contribution >= 0.6 is 0 Å². The Bertz CT molecular complexity index is 866. The third kappa shape index (κ3) is 2.75. The Hall–Kier alpha value is -2.28. The van der Waals surface area contributed by atoms with Crippen molar-refractivity contribution in [3.63, 3.8) is 0 Å². The minimum absolute atomic E-state index is 0.163. The molecule has 0 aliphatic heterocycles. The smallest absolute Gasteiger partial charge is 0.308 e. The normalized spacial score (nSPS) is 35.7. The Labute approximate surface area is 167 Å². The molecule has 148 valence electrons. The van der Waals surface area contributed by atoms with E-state index < -0.39 is 5.60 Å². The summed E-state index contributed by atoms with van der Waals surface area (Å²) in [5, 5.41) is 0. The maximum Gasteiger partial charge on any atom is 0.308 e. The topological polar surface area (TPSA) is 52.6 Å². The zero-order valence-electron chi connectivity index (χ0n) is 16.9. The van der Waals surface area contributed by atoms with Gasteiger partial charge in [0.2, 0.25) is 0 Å². The molecule has 5 atom stereocenters. The van der Waals surface area contributed by atoms with E-state index >= 15 is 0 Å². The summed E-state index contributed by atoms with van der Waals surface area (Å²) >= 11 is 0. The van der Waals surface area contributed by atoms with Gasteiger partial charge in [-0.2, -0.15) is 0 Å². The first-order valence-electron chi connectivity index (χ1n) is 10.3. The van der Waals surface area contributed by atoms with Gasteiger partial charge in [0, 0.05) is 19.3 Å². The van der Waals surface area contributed by atoms with E-state index in [0.717, 1.165) is 38.5 Å². The SMILES string of the molecule is C#C[C@@]1(OC(C)=O)CC[C@@H]2[C@H]3CCc4cc(OC(C)=O)ccc4[C@@H]3CC[C@@]21C. The number of carbonyl (C=O) groups is 2. The van der Waals surface area contributed by atoms with Gasteiger partial charge >= 0.3 is 11.9 Å². The molecule has 28 heavy (non-hydrogen) atoms. The van der Waals surface area contributed by atoms with Gasteiger partial charge in [0.05, 0.1) is 0 Å². The van der Waals surface area contributed by atoms with Crippen molar-refractivity contribution in [2.24, 2.45) is 17.3 Å². The highest BCUT2D eigenvalue weighted by molar-refractivity contribution is 5.69. The number of esters is 2. The number of carbonyl (C=O) groups excluding carboxylic acids is 2. The number of aryl methyl sites for hydroxylation is 1. The first kappa shape index (κ1) is 19.1. The monoisotopic (exact) mass is 380 g/mol. The standard InChI is InChI=1S/C24H28O4/c1-5-24(28-16(3)26)13-11-22-21-8-6-17-14-18(27-15(2)25)7-9-19(17)20(21)10-12-23(22,24)4/h1,7,9,14,20-22H,6,8,10-13H2,2-4H3/t20-,21-,22+,23-,24+/m0/s1. The van der Waals surface area contributed by atoms with Crippen LogP contribution < -0.4 is 4.74 Å². The highest BCUT2D eigenvalue weighted by Crippen LogP contribution is 2.65. The van der Waals surface area contributed by atoms with Crippen LogP contribution in [0.5, 0.6) is 5.75 Å². The quantitative estimate of drug-likeness (QED) is 0.433. The van der Waals surface area contributed by atoms with Crippen molar-refractivity contribution in [3.05, 3.63) is 29.3 Å². The minimum atomic E-state index is -0.770. The highest BCUT2D eigenvalue weighted by atomic mass is 16.6. The van der Waals surface area contributed by atoms with Gasteiger partial charge < -0.3 is 9.47 Å². The van der Waals surface area contributed by atoms with Crippen molar-refractivity contribution in [2.45, 2.75) is 70.8 Å². The van der Waals surface area contributed by atoms with E-state index in [0.29, 0.717) is 23.5 Å². The van der Waals surface area contributed by atoms with E-state index in [2.05, 4.69) is 18.9 Å². The lowest BCUT2D eigenvalue weighted by atomic mass is 9.53. The highest BCUT2D eigenvalue weighted by Gasteiger charge is 2.63. The van der Waals surface area contributed by atoms with Gasteiger partial charge in [-0.25, -0.2) is 0 Å². The van der Waals surface area contributed by atoms with E-state index in [1.54, 1.807) is 0 Å². The maximum absolute atomic E-state index is 11.8. The number of fused-ring (bicyclic) bond motifs is 5. The summed E-state index contributed by atoms with van der Waals surface area (Å²) in [7, 11) is 0. The molecule has 0 heterocycles. The van der Waals surface area contributed by atoms with Crippen molar-refractivity contribution in [3.8, 4) is 18.1 Å². The molecule has 0 N–H and O–H groups in total. The first-order chi connectivity index (χ1) is 13.3. The average molecular weight is 380 g/mol. The van der Waals surface area contributed by atoms with Crippen molar-refractivity contribution >= 4 is 11.9 Å². The summed E-state index contributed by atoms with van der Waals surface area (Å²) < 4.78 is 11.1. The Kier molecular flexibility index (Phi) is 4.53. The van der Waals surface area contributed by atoms with Gasteiger partial charge in [-0.15, -0.1) is 6.42 Å².